The zero-order chi connectivity index (χ0) is 10.1. The van der Waals surface area contributed by atoms with E-state index in [1.165, 1.54) is 6.20 Å². The van der Waals surface area contributed by atoms with Gasteiger partial charge in [-0.15, -0.1) is 0 Å². The number of alkyl halides is 3. The molecule has 4 heteroatoms. The Hall–Kier alpha value is -1.06. The van der Waals surface area contributed by atoms with E-state index in [1.807, 2.05) is 0 Å². The summed E-state index contributed by atoms with van der Waals surface area (Å²) in [5.74, 6) is 0. The number of rotatable bonds is 1. The first kappa shape index (κ1) is 10.0. The van der Waals surface area contributed by atoms with Gasteiger partial charge >= 0.3 is 6.18 Å². The van der Waals surface area contributed by atoms with Crippen LogP contribution in [-0.4, -0.2) is 4.98 Å². The summed E-state index contributed by atoms with van der Waals surface area (Å²) in [5, 5.41) is 0. The number of halogens is 3. The van der Waals surface area contributed by atoms with Crippen LogP contribution < -0.4 is 0 Å². The van der Waals surface area contributed by atoms with Crippen molar-refractivity contribution < 1.29 is 13.2 Å². The lowest BCUT2D eigenvalue weighted by molar-refractivity contribution is -0.141. The molecule has 0 radical (unpaired) electrons. The Bertz CT molecular complexity index is 304. The highest BCUT2D eigenvalue weighted by atomic mass is 19.4. The van der Waals surface area contributed by atoms with Crippen LogP contribution >= 0.6 is 0 Å². The molecule has 0 amide bonds. The van der Waals surface area contributed by atoms with Gasteiger partial charge in [-0.05, 0) is 30.5 Å². The molecule has 1 rings (SSSR count). The van der Waals surface area contributed by atoms with Gasteiger partial charge in [-0.3, -0.25) is 4.98 Å². The first-order chi connectivity index (χ1) is 5.96. The largest absolute Gasteiger partial charge is 0.433 e. The third kappa shape index (κ3) is 1.99. The summed E-state index contributed by atoms with van der Waals surface area (Å²) >= 11 is 0. The molecule has 0 unspecified atom stereocenters. The van der Waals surface area contributed by atoms with E-state index in [-0.39, 0.29) is 5.56 Å². The molecule has 72 valence electrons. The van der Waals surface area contributed by atoms with Gasteiger partial charge in [0.05, 0.1) is 0 Å². The standard InChI is InChI=1S/C9H10F3N/c1-3-7-6(2)4-5-13-8(7)9(10,11)12/h4-5H,3H2,1-2H3. The van der Waals surface area contributed by atoms with Crippen LogP contribution in [0.3, 0.4) is 0 Å². The minimum atomic E-state index is -4.34. The normalized spacial score (nSPS) is 11.8. The summed E-state index contributed by atoms with van der Waals surface area (Å²) in [5.41, 5.74) is 0.176. The predicted octanol–water partition coefficient (Wildman–Crippen LogP) is 2.97. The first-order valence-corrected chi connectivity index (χ1v) is 3.98. The van der Waals surface area contributed by atoms with Crippen molar-refractivity contribution in [2.24, 2.45) is 0 Å². The zero-order valence-corrected chi connectivity index (χ0v) is 7.44. The first-order valence-electron chi connectivity index (χ1n) is 3.98. The summed E-state index contributed by atoms with van der Waals surface area (Å²) in [6.45, 7) is 3.36. The van der Waals surface area contributed by atoms with E-state index >= 15 is 0 Å². The number of aryl methyl sites for hydroxylation is 1. The number of hydrogen-bond acceptors (Lipinski definition) is 1. The highest BCUT2D eigenvalue weighted by Gasteiger charge is 2.35. The van der Waals surface area contributed by atoms with Gasteiger partial charge in [0.15, 0.2) is 0 Å². The molecule has 1 aromatic heterocycles. The van der Waals surface area contributed by atoms with E-state index in [4.69, 9.17) is 0 Å². The Morgan fingerprint density at radius 3 is 2.38 bits per heavy atom. The maximum Gasteiger partial charge on any atom is 0.433 e. The monoisotopic (exact) mass is 189 g/mol. The molecule has 0 spiro atoms. The van der Waals surface area contributed by atoms with Crippen LogP contribution in [0.1, 0.15) is 23.7 Å². The molecule has 0 saturated heterocycles. The van der Waals surface area contributed by atoms with E-state index in [9.17, 15) is 13.2 Å². The van der Waals surface area contributed by atoms with Crippen molar-refractivity contribution in [3.05, 3.63) is 29.1 Å². The predicted molar refractivity (Wildman–Crippen MR) is 43.4 cm³/mol. The van der Waals surface area contributed by atoms with Crippen molar-refractivity contribution in [2.75, 3.05) is 0 Å². The van der Waals surface area contributed by atoms with E-state index in [0.29, 0.717) is 12.0 Å². The Labute approximate surface area is 74.6 Å². The van der Waals surface area contributed by atoms with Gasteiger partial charge in [-0.1, -0.05) is 6.92 Å². The van der Waals surface area contributed by atoms with Gasteiger partial charge in [-0.25, -0.2) is 0 Å². The molecule has 0 atom stereocenters. The number of nitrogens with zero attached hydrogens (tertiary/aromatic N) is 1. The molecule has 0 saturated carbocycles. The molecule has 0 aliphatic rings. The fraction of sp³-hybridized carbons (Fsp3) is 0.444. The average molecular weight is 189 g/mol. The lowest BCUT2D eigenvalue weighted by Gasteiger charge is -2.11. The summed E-state index contributed by atoms with van der Waals surface area (Å²) < 4.78 is 37.1. The SMILES string of the molecule is CCc1c(C)ccnc1C(F)(F)F. The lowest BCUT2D eigenvalue weighted by Crippen LogP contribution is -2.12. The van der Waals surface area contributed by atoms with Crippen LogP contribution in [0.2, 0.25) is 0 Å². The molecule has 1 aromatic rings. The molecule has 0 aliphatic carbocycles. The third-order valence-electron chi connectivity index (χ3n) is 1.91. The highest BCUT2D eigenvalue weighted by molar-refractivity contribution is 5.30. The van der Waals surface area contributed by atoms with E-state index in [0.717, 1.165) is 0 Å². The molecular weight excluding hydrogens is 179 g/mol. The summed E-state index contributed by atoms with van der Waals surface area (Å²) in [4.78, 5) is 3.36. The molecule has 0 fully saturated rings. The van der Waals surface area contributed by atoms with Gasteiger partial charge in [0.25, 0.3) is 0 Å². The number of pyridine rings is 1. The Morgan fingerprint density at radius 1 is 1.38 bits per heavy atom. The molecular formula is C9H10F3N. The third-order valence-corrected chi connectivity index (χ3v) is 1.91. The lowest BCUT2D eigenvalue weighted by atomic mass is 10.1. The van der Waals surface area contributed by atoms with Crippen LogP contribution in [0, 0.1) is 6.92 Å². The highest BCUT2D eigenvalue weighted by Crippen LogP contribution is 2.31. The van der Waals surface area contributed by atoms with Crippen molar-refractivity contribution in [3.63, 3.8) is 0 Å². The van der Waals surface area contributed by atoms with Crippen LogP contribution in [0.25, 0.3) is 0 Å². The van der Waals surface area contributed by atoms with Crippen molar-refractivity contribution in [1.82, 2.24) is 4.98 Å². The second-order valence-corrected chi connectivity index (χ2v) is 2.81. The Balaban J connectivity index is 3.29. The average Bonchev–Trinajstić information content (AvgIpc) is 2.02. The summed E-state index contributed by atoms with van der Waals surface area (Å²) in [7, 11) is 0. The van der Waals surface area contributed by atoms with Crippen molar-refractivity contribution in [3.8, 4) is 0 Å². The molecule has 0 aromatic carbocycles. The van der Waals surface area contributed by atoms with Gasteiger partial charge in [0, 0.05) is 6.20 Å². The van der Waals surface area contributed by atoms with Gasteiger partial charge in [0.1, 0.15) is 5.69 Å². The van der Waals surface area contributed by atoms with Crippen LogP contribution in [0.5, 0.6) is 0 Å². The number of aromatic nitrogens is 1. The van der Waals surface area contributed by atoms with E-state index < -0.39 is 11.9 Å². The maximum atomic E-state index is 12.4. The van der Waals surface area contributed by atoms with Gasteiger partial charge < -0.3 is 0 Å². The number of hydrogen-bond donors (Lipinski definition) is 0. The molecule has 0 aliphatic heterocycles. The Morgan fingerprint density at radius 2 is 2.00 bits per heavy atom. The Kier molecular flexibility index (Phi) is 2.59. The maximum absolute atomic E-state index is 12.4. The van der Waals surface area contributed by atoms with Crippen molar-refractivity contribution in [2.45, 2.75) is 26.4 Å². The second kappa shape index (κ2) is 3.36. The van der Waals surface area contributed by atoms with Crippen molar-refractivity contribution >= 4 is 0 Å². The van der Waals surface area contributed by atoms with Gasteiger partial charge in [0.2, 0.25) is 0 Å². The van der Waals surface area contributed by atoms with Crippen molar-refractivity contribution in [1.29, 1.82) is 0 Å². The minimum absolute atomic E-state index is 0.287. The smallest absolute Gasteiger partial charge is 0.251 e. The quantitative estimate of drug-likeness (QED) is 0.661. The molecule has 0 bridgehead atoms. The van der Waals surface area contributed by atoms with E-state index in [1.54, 1.807) is 19.9 Å². The van der Waals surface area contributed by atoms with Gasteiger partial charge in [-0.2, -0.15) is 13.2 Å². The van der Waals surface area contributed by atoms with E-state index in [2.05, 4.69) is 4.98 Å². The fourth-order valence-corrected chi connectivity index (χ4v) is 1.28. The fourth-order valence-electron chi connectivity index (χ4n) is 1.28. The van der Waals surface area contributed by atoms with Crippen LogP contribution in [0.15, 0.2) is 12.3 Å². The zero-order valence-electron chi connectivity index (χ0n) is 7.44. The molecule has 13 heavy (non-hydrogen) atoms. The second-order valence-electron chi connectivity index (χ2n) is 2.81. The molecule has 0 N–H and O–H groups in total. The topological polar surface area (TPSA) is 12.9 Å². The van der Waals surface area contributed by atoms with Crippen LogP contribution in [-0.2, 0) is 12.6 Å². The molecule has 1 nitrogen and oxygen atoms in total. The molecule has 1 heterocycles. The van der Waals surface area contributed by atoms with Crippen LogP contribution in [0.4, 0.5) is 13.2 Å². The summed E-state index contributed by atoms with van der Waals surface area (Å²) in [6, 6.07) is 1.59. The minimum Gasteiger partial charge on any atom is -0.251 e. The summed E-state index contributed by atoms with van der Waals surface area (Å²) in [6.07, 6.45) is -2.79.